The minimum absolute atomic E-state index is 0.399. The van der Waals surface area contributed by atoms with E-state index in [-0.39, 0.29) is 0 Å². The van der Waals surface area contributed by atoms with Crippen LogP contribution in [0.5, 0.6) is 0 Å². The van der Waals surface area contributed by atoms with Gasteiger partial charge in [0.25, 0.3) is 0 Å². The highest BCUT2D eigenvalue weighted by molar-refractivity contribution is 6.20. The summed E-state index contributed by atoms with van der Waals surface area (Å²) in [6.07, 6.45) is 7.04. The van der Waals surface area contributed by atoms with Crippen molar-refractivity contribution < 1.29 is 0 Å². The molecule has 70 valence electrons. The zero-order valence-corrected chi connectivity index (χ0v) is 8.32. The Balaban J connectivity index is 2.15. The lowest BCUT2D eigenvalue weighted by molar-refractivity contribution is 0.353. The second-order valence-corrected chi connectivity index (χ2v) is 4.07. The minimum atomic E-state index is 0.399. The van der Waals surface area contributed by atoms with Crippen LogP contribution in [-0.2, 0) is 0 Å². The molecule has 0 aromatic carbocycles. The van der Waals surface area contributed by atoms with E-state index in [1.807, 2.05) is 6.08 Å². The lowest BCUT2D eigenvalue weighted by Crippen LogP contribution is -2.31. The van der Waals surface area contributed by atoms with Crippen LogP contribution in [0, 0.1) is 5.92 Å². The predicted molar refractivity (Wildman–Crippen MR) is 54.7 cm³/mol. The van der Waals surface area contributed by atoms with Crippen LogP contribution in [0.25, 0.3) is 0 Å². The van der Waals surface area contributed by atoms with Crippen LogP contribution in [0.15, 0.2) is 12.7 Å². The normalized spacial score (nSPS) is 30.1. The molecule has 1 aliphatic rings. The third-order valence-electron chi connectivity index (χ3n) is 2.51. The number of halogens is 1. The Hall–Kier alpha value is -0.0100. The molecule has 2 unspecified atom stereocenters. The van der Waals surface area contributed by atoms with Crippen molar-refractivity contribution in [2.45, 2.75) is 31.1 Å². The Bertz CT molecular complexity index is 136. The van der Waals surface area contributed by atoms with Gasteiger partial charge in [-0.15, -0.1) is 18.2 Å². The smallest absolute Gasteiger partial charge is 0.0376 e. The van der Waals surface area contributed by atoms with Crippen LogP contribution in [0.4, 0.5) is 0 Å². The fourth-order valence-electron chi connectivity index (χ4n) is 1.76. The highest BCUT2D eigenvalue weighted by Gasteiger charge is 2.21. The number of nitrogens with one attached hydrogen (secondary N) is 1. The maximum absolute atomic E-state index is 6.20. The van der Waals surface area contributed by atoms with Crippen molar-refractivity contribution in [2.24, 2.45) is 5.92 Å². The van der Waals surface area contributed by atoms with Gasteiger partial charge in [-0.05, 0) is 25.3 Å². The van der Waals surface area contributed by atoms with Crippen LogP contribution in [-0.4, -0.2) is 18.5 Å². The van der Waals surface area contributed by atoms with Crippen molar-refractivity contribution >= 4 is 11.6 Å². The van der Waals surface area contributed by atoms with Crippen molar-refractivity contribution in [2.75, 3.05) is 13.1 Å². The molecule has 12 heavy (non-hydrogen) atoms. The average Bonchev–Trinajstić information content (AvgIpc) is 2.09. The SMILES string of the molecule is C=CCNCC1CCCCC1Cl. The van der Waals surface area contributed by atoms with Crippen molar-refractivity contribution in [3.63, 3.8) is 0 Å². The van der Waals surface area contributed by atoms with Gasteiger partial charge in [0.1, 0.15) is 0 Å². The molecule has 0 aromatic heterocycles. The summed E-state index contributed by atoms with van der Waals surface area (Å²) >= 11 is 6.20. The molecular formula is C10H18ClN. The second-order valence-electron chi connectivity index (χ2n) is 3.51. The highest BCUT2D eigenvalue weighted by Crippen LogP contribution is 2.27. The summed E-state index contributed by atoms with van der Waals surface area (Å²) in [5.41, 5.74) is 0. The van der Waals surface area contributed by atoms with E-state index in [1.165, 1.54) is 25.7 Å². The Labute approximate surface area is 80.2 Å². The molecule has 1 nitrogen and oxygen atoms in total. The summed E-state index contributed by atoms with van der Waals surface area (Å²) in [4.78, 5) is 0. The van der Waals surface area contributed by atoms with Gasteiger partial charge in [0.15, 0.2) is 0 Å². The van der Waals surface area contributed by atoms with Crippen molar-refractivity contribution in [1.82, 2.24) is 5.32 Å². The number of hydrogen-bond acceptors (Lipinski definition) is 1. The van der Waals surface area contributed by atoms with E-state index in [4.69, 9.17) is 11.6 Å². The van der Waals surface area contributed by atoms with Gasteiger partial charge < -0.3 is 5.32 Å². The molecule has 0 radical (unpaired) electrons. The van der Waals surface area contributed by atoms with E-state index < -0.39 is 0 Å². The molecule has 1 fully saturated rings. The second kappa shape index (κ2) is 5.60. The van der Waals surface area contributed by atoms with Gasteiger partial charge in [-0.2, -0.15) is 0 Å². The molecule has 1 aliphatic carbocycles. The van der Waals surface area contributed by atoms with Gasteiger partial charge in [0, 0.05) is 11.9 Å². The van der Waals surface area contributed by atoms with Gasteiger partial charge in [0.2, 0.25) is 0 Å². The summed E-state index contributed by atoms with van der Waals surface area (Å²) in [5, 5.41) is 3.73. The van der Waals surface area contributed by atoms with Crippen molar-refractivity contribution in [3.8, 4) is 0 Å². The standard InChI is InChI=1S/C10H18ClN/c1-2-7-12-8-9-5-3-4-6-10(9)11/h2,9-10,12H,1,3-8H2. The Morgan fingerprint density at radius 2 is 2.17 bits per heavy atom. The van der Waals surface area contributed by atoms with Gasteiger partial charge in [0.05, 0.1) is 0 Å². The third kappa shape index (κ3) is 3.16. The molecule has 0 spiro atoms. The molecule has 2 heteroatoms. The van der Waals surface area contributed by atoms with Gasteiger partial charge >= 0.3 is 0 Å². The van der Waals surface area contributed by atoms with Gasteiger partial charge in [-0.25, -0.2) is 0 Å². The van der Waals surface area contributed by atoms with Crippen LogP contribution in [0.1, 0.15) is 25.7 Å². The summed E-state index contributed by atoms with van der Waals surface area (Å²) in [5.74, 6) is 0.681. The Kier molecular flexibility index (Phi) is 4.70. The summed E-state index contributed by atoms with van der Waals surface area (Å²) in [6, 6.07) is 0. The summed E-state index contributed by atoms with van der Waals surface area (Å²) < 4.78 is 0. The first kappa shape index (κ1) is 10.1. The maximum Gasteiger partial charge on any atom is 0.0376 e. The number of hydrogen-bond donors (Lipinski definition) is 1. The zero-order valence-electron chi connectivity index (χ0n) is 7.56. The first-order valence-corrected chi connectivity index (χ1v) is 5.24. The van der Waals surface area contributed by atoms with Crippen molar-refractivity contribution in [1.29, 1.82) is 0 Å². The molecule has 0 aliphatic heterocycles. The molecule has 0 bridgehead atoms. The third-order valence-corrected chi connectivity index (χ3v) is 3.09. The number of alkyl halides is 1. The van der Waals surface area contributed by atoms with Gasteiger partial charge in [-0.1, -0.05) is 18.9 Å². The molecule has 1 N–H and O–H groups in total. The molecule has 0 saturated heterocycles. The fraction of sp³-hybridized carbons (Fsp3) is 0.800. The largest absolute Gasteiger partial charge is 0.313 e. The van der Waals surface area contributed by atoms with E-state index >= 15 is 0 Å². The average molecular weight is 188 g/mol. The van der Waals surface area contributed by atoms with Crippen LogP contribution < -0.4 is 5.32 Å². The summed E-state index contributed by atoms with van der Waals surface area (Å²) in [7, 11) is 0. The molecule has 0 amide bonds. The summed E-state index contributed by atoms with van der Waals surface area (Å²) in [6.45, 7) is 5.63. The monoisotopic (exact) mass is 187 g/mol. The van der Waals surface area contributed by atoms with Gasteiger partial charge in [-0.3, -0.25) is 0 Å². The molecule has 1 rings (SSSR count). The van der Waals surface area contributed by atoms with Crippen LogP contribution >= 0.6 is 11.6 Å². The Morgan fingerprint density at radius 1 is 1.42 bits per heavy atom. The first-order chi connectivity index (χ1) is 5.84. The molecule has 0 heterocycles. The van der Waals surface area contributed by atoms with Crippen molar-refractivity contribution in [3.05, 3.63) is 12.7 Å². The zero-order chi connectivity index (χ0) is 8.81. The minimum Gasteiger partial charge on any atom is -0.313 e. The Morgan fingerprint density at radius 3 is 2.83 bits per heavy atom. The van der Waals surface area contributed by atoms with E-state index in [0.29, 0.717) is 11.3 Å². The van der Waals surface area contributed by atoms with E-state index in [0.717, 1.165) is 13.1 Å². The molecular weight excluding hydrogens is 170 g/mol. The van der Waals surface area contributed by atoms with Crippen LogP contribution in [0.3, 0.4) is 0 Å². The van der Waals surface area contributed by atoms with Crippen LogP contribution in [0.2, 0.25) is 0 Å². The predicted octanol–water partition coefficient (Wildman–Crippen LogP) is 2.56. The quantitative estimate of drug-likeness (QED) is 0.405. The van der Waals surface area contributed by atoms with E-state index in [1.54, 1.807) is 0 Å². The fourth-order valence-corrected chi connectivity index (χ4v) is 2.13. The topological polar surface area (TPSA) is 12.0 Å². The van der Waals surface area contributed by atoms with E-state index in [2.05, 4.69) is 11.9 Å². The lowest BCUT2D eigenvalue weighted by atomic mass is 9.89. The molecule has 2 atom stereocenters. The number of rotatable bonds is 4. The highest BCUT2D eigenvalue weighted by atomic mass is 35.5. The first-order valence-electron chi connectivity index (χ1n) is 4.80. The molecule has 0 aromatic rings. The maximum atomic E-state index is 6.20. The van der Waals surface area contributed by atoms with E-state index in [9.17, 15) is 0 Å². The molecule has 1 saturated carbocycles. The lowest BCUT2D eigenvalue weighted by Gasteiger charge is -2.26.